The van der Waals surface area contributed by atoms with Gasteiger partial charge in [0.25, 0.3) is 0 Å². The number of thiazole rings is 1. The van der Waals surface area contributed by atoms with Gasteiger partial charge in [-0.15, -0.1) is 22.7 Å². The molecule has 2 aromatic heterocycles. The van der Waals surface area contributed by atoms with Crippen molar-refractivity contribution in [2.24, 2.45) is 0 Å². The van der Waals surface area contributed by atoms with E-state index < -0.39 is 6.09 Å². The van der Waals surface area contributed by atoms with Gasteiger partial charge in [0.2, 0.25) is 12.7 Å². The Morgan fingerprint density at radius 3 is 2.85 bits per heavy atom. The summed E-state index contributed by atoms with van der Waals surface area (Å²) in [5.74, 6) is 1.26. The molecule has 180 valence electrons. The Hall–Kier alpha value is -2.93. The van der Waals surface area contributed by atoms with Crippen molar-refractivity contribution < 1.29 is 28.9 Å². The summed E-state index contributed by atoms with van der Waals surface area (Å²) < 4.78 is 16.9. The van der Waals surface area contributed by atoms with Crippen LogP contribution in [0.3, 0.4) is 0 Å². The van der Waals surface area contributed by atoms with E-state index in [1.54, 1.807) is 7.11 Å². The van der Waals surface area contributed by atoms with Gasteiger partial charge >= 0.3 is 6.09 Å². The molecule has 12 heteroatoms. The predicted octanol–water partition coefficient (Wildman–Crippen LogP) is 3.35. The highest BCUT2D eigenvalue weighted by molar-refractivity contribution is 7.23. The van der Waals surface area contributed by atoms with Crippen molar-refractivity contribution in [2.45, 2.75) is 19.4 Å². The number of anilines is 1. The Morgan fingerprint density at radius 1 is 1.24 bits per heavy atom. The number of carbonyl (C=O) groups excluding carboxylic acids is 1. The number of carboxylic acid groups (broad SMARTS) is 1. The summed E-state index contributed by atoms with van der Waals surface area (Å²) in [7, 11) is 1.63. The molecule has 4 heterocycles. The highest BCUT2D eigenvalue weighted by Gasteiger charge is 2.29. The Kier molecular flexibility index (Phi) is 6.55. The number of hydrogen-bond donors (Lipinski definition) is 3. The van der Waals surface area contributed by atoms with Crippen LogP contribution in [0, 0.1) is 0 Å². The van der Waals surface area contributed by atoms with E-state index >= 15 is 0 Å². The number of thiophene rings is 1. The largest absolute Gasteiger partial charge is 0.465 e. The second-order valence-corrected chi connectivity index (χ2v) is 10.0. The number of amides is 2. The fourth-order valence-electron chi connectivity index (χ4n) is 4.00. The highest BCUT2D eigenvalue weighted by atomic mass is 32.1. The zero-order valence-corrected chi connectivity index (χ0v) is 20.1. The van der Waals surface area contributed by atoms with Crippen LogP contribution in [0.5, 0.6) is 11.5 Å². The molecule has 0 saturated carbocycles. The molecule has 34 heavy (non-hydrogen) atoms. The van der Waals surface area contributed by atoms with E-state index in [1.807, 2.05) is 12.1 Å². The van der Waals surface area contributed by atoms with Gasteiger partial charge in [-0.25, -0.2) is 9.78 Å². The standard InChI is InChI=1S/C22H24N4O6S2/c1-30-7-5-23-4-2-18(27)25-21-19(12-3-6-26(22(28)29)10-17(12)34-21)20-24-13-8-14-15(32-11-31-14)9-16(13)33-20/h8-9,23H,2-7,10-11H2,1H3,(H,25,27)(H,28,29). The van der Waals surface area contributed by atoms with Crippen LogP contribution < -0.4 is 20.1 Å². The first kappa shape index (κ1) is 22.8. The maximum atomic E-state index is 12.7. The van der Waals surface area contributed by atoms with E-state index in [1.165, 1.54) is 27.6 Å². The monoisotopic (exact) mass is 504 g/mol. The van der Waals surface area contributed by atoms with Crippen LogP contribution in [-0.4, -0.2) is 67.1 Å². The number of aromatic nitrogens is 1. The summed E-state index contributed by atoms with van der Waals surface area (Å²) in [5.41, 5.74) is 2.73. The molecule has 0 atom stereocenters. The van der Waals surface area contributed by atoms with Crippen LogP contribution in [0.25, 0.3) is 20.8 Å². The number of fused-ring (bicyclic) bond motifs is 3. The number of ether oxygens (including phenoxy) is 3. The number of nitrogens with zero attached hydrogens (tertiary/aromatic N) is 2. The number of nitrogens with one attached hydrogen (secondary N) is 2. The van der Waals surface area contributed by atoms with Gasteiger partial charge in [-0.1, -0.05) is 0 Å². The number of benzene rings is 1. The fraction of sp³-hybridized carbons (Fsp3) is 0.409. The smallest absolute Gasteiger partial charge is 0.407 e. The maximum absolute atomic E-state index is 12.7. The molecule has 1 aromatic carbocycles. The average molecular weight is 505 g/mol. The molecule has 0 spiro atoms. The lowest BCUT2D eigenvalue weighted by atomic mass is 10.0. The third kappa shape index (κ3) is 4.53. The van der Waals surface area contributed by atoms with E-state index in [9.17, 15) is 14.7 Å². The first-order valence-corrected chi connectivity index (χ1v) is 12.5. The van der Waals surface area contributed by atoms with E-state index in [4.69, 9.17) is 19.2 Å². The van der Waals surface area contributed by atoms with Crippen LogP contribution >= 0.6 is 22.7 Å². The second-order valence-electron chi connectivity index (χ2n) is 7.90. The van der Waals surface area contributed by atoms with Crippen LogP contribution in [0.2, 0.25) is 0 Å². The van der Waals surface area contributed by atoms with Crippen molar-refractivity contribution in [2.75, 3.05) is 45.5 Å². The third-order valence-electron chi connectivity index (χ3n) is 5.69. The first-order valence-electron chi connectivity index (χ1n) is 10.9. The zero-order chi connectivity index (χ0) is 23.7. The van der Waals surface area contributed by atoms with Crippen molar-refractivity contribution in [3.05, 3.63) is 22.6 Å². The first-order chi connectivity index (χ1) is 16.5. The van der Waals surface area contributed by atoms with Gasteiger partial charge in [-0.3, -0.25) is 4.79 Å². The Morgan fingerprint density at radius 2 is 2.06 bits per heavy atom. The van der Waals surface area contributed by atoms with E-state index in [0.29, 0.717) is 62.1 Å². The summed E-state index contributed by atoms with van der Waals surface area (Å²) in [5, 5.41) is 17.2. The maximum Gasteiger partial charge on any atom is 0.407 e. The van der Waals surface area contributed by atoms with E-state index in [-0.39, 0.29) is 12.7 Å². The van der Waals surface area contributed by atoms with Crippen molar-refractivity contribution >= 4 is 49.9 Å². The summed E-state index contributed by atoms with van der Waals surface area (Å²) in [6.07, 6.45) is -0.0581. The van der Waals surface area contributed by atoms with Gasteiger partial charge in [0.1, 0.15) is 10.0 Å². The predicted molar refractivity (Wildman–Crippen MR) is 129 cm³/mol. The molecular weight excluding hydrogens is 480 g/mol. The molecular formula is C22H24N4O6S2. The van der Waals surface area contributed by atoms with E-state index in [2.05, 4.69) is 10.6 Å². The summed E-state index contributed by atoms with van der Waals surface area (Å²) in [4.78, 5) is 31.4. The Bertz CT molecular complexity index is 1200. The minimum Gasteiger partial charge on any atom is -0.465 e. The summed E-state index contributed by atoms with van der Waals surface area (Å²) in [6.45, 7) is 2.71. The lowest BCUT2D eigenvalue weighted by Gasteiger charge is -2.24. The van der Waals surface area contributed by atoms with Crippen LogP contribution in [-0.2, 0) is 22.5 Å². The quantitative estimate of drug-likeness (QED) is 0.399. The van der Waals surface area contributed by atoms with Crippen molar-refractivity contribution in [1.29, 1.82) is 0 Å². The van der Waals surface area contributed by atoms with Crippen LogP contribution in [0.4, 0.5) is 9.80 Å². The van der Waals surface area contributed by atoms with Gasteiger partial charge in [0.05, 0.1) is 23.4 Å². The topological polar surface area (TPSA) is 122 Å². The fourth-order valence-corrected chi connectivity index (χ4v) is 6.40. The highest BCUT2D eigenvalue weighted by Crippen LogP contribution is 2.47. The normalized spacial score (nSPS) is 14.4. The van der Waals surface area contributed by atoms with Gasteiger partial charge in [-0.2, -0.15) is 0 Å². The molecule has 0 fully saturated rings. The van der Waals surface area contributed by atoms with Crippen molar-refractivity contribution in [3.8, 4) is 22.1 Å². The SMILES string of the molecule is COCCNCCC(=O)Nc1sc2c(c1-c1nc3cc4c(cc3s1)OCO4)CCN(C(=O)O)C2. The Labute approximate surface area is 203 Å². The molecule has 0 radical (unpaired) electrons. The van der Waals surface area contributed by atoms with Gasteiger partial charge < -0.3 is 34.9 Å². The van der Waals surface area contributed by atoms with Gasteiger partial charge in [0.15, 0.2) is 11.5 Å². The van der Waals surface area contributed by atoms with Crippen LogP contribution in [0.15, 0.2) is 12.1 Å². The second kappa shape index (κ2) is 9.74. The molecule has 2 aliphatic rings. The summed E-state index contributed by atoms with van der Waals surface area (Å²) >= 11 is 2.95. The third-order valence-corrected chi connectivity index (χ3v) is 7.86. The molecule has 3 N–H and O–H groups in total. The van der Waals surface area contributed by atoms with E-state index in [0.717, 1.165) is 31.2 Å². The van der Waals surface area contributed by atoms with Gasteiger partial charge in [-0.05, 0) is 12.0 Å². The van der Waals surface area contributed by atoms with Crippen molar-refractivity contribution in [3.63, 3.8) is 0 Å². The molecule has 0 bridgehead atoms. The minimum atomic E-state index is -0.942. The molecule has 2 aliphatic heterocycles. The minimum absolute atomic E-state index is 0.109. The van der Waals surface area contributed by atoms with Crippen molar-refractivity contribution in [1.82, 2.24) is 15.2 Å². The molecule has 10 nitrogen and oxygen atoms in total. The Balaban J connectivity index is 1.45. The number of methoxy groups -OCH3 is 1. The molecule has 2 amide bonds. The number of carbonyl (C=O) groups is 2. The van der Waals surface area contributed by atoms with Gasteiger partial charge in [0, 0.05) is 55.7 Å². The zero-order valence-electron chi connectivity index (χ0n) is 18.5. The molecule has 0 saturated heterocycles. The summed E-state index contributed by atoms with van der Waals surface area (Å²) in [6, 6.07) is 3.79. The molecule has 0 aliphatic carbocycles. The molecule has 0 unspecified atom stereocenters. The van der Waals surface area contributed by atoms with Crippen LogP contribution in [0.1, 0.15) is 16.9 Å². The number of rotatable bonds is 8. The number of hydrogen-bond acceptors (Lipinski definition) is 9. The molecule has 5 rings (SSSR count). The lowest BCUT2D eigenvalue weighted by Crippen LogP contribution is -2.34. The average Bonchev–Trinajstić information content (AvgIpc) is 3.52. The lowest BCUT2D eigenvalue weighted by molar-refractivity contribution is -0.116. The molecule has 3 aromatic rings.